The first-order chi connectivity index (χ1) is 7.63. The second kappa shape index (κ2) is 4.05. The highest BCUT2D eigenvalue weighted by molar-refractivity contribution is 6.34. The van der Waals surface area contributed by atoms with Gasteiger partial charge >= 0.3 is 5.97 Å². The van der Waals surface area contributed by atoms with E-state index >= 15 is 0 Å². The van der Waals surface area contributed by atoms with Gasteiger partial charge in [0.2, 0.25) is 5.82 Å². The molecule has 0 aliphatic heterocycles. The van der Waals surface area contributed by atoms with Crippen LogP contribution in [0.2, 0.25) is 5.15 Å². The molecule has 0 saturated heterocycles. The molecule has 0 aromatic carbocycles. The summed E-state index contributed by atoms with van der Waals surface area (Å²) in [7, 11) is 1.71. The van der Waals surface area contributed by atoms with Crippen LogP contribution in [0.3, 0.4) is 0 Å². The lowest BCUT2D eigenvalue weighted by atomic mass is 10.4. The lowest BCUT2D eigenvalue weighted by molar-refractivity contribution is 0.0512. The van der Waals surface area contributed by atoms with Crippen molar-refractivity contribution in [1.82, 2.24) is 19.7 Å². The first-order valence-electron chi connectivity index (χ1n) is 4.66. The molecule has 0 spiro atoms. The molecular weight excluding hydrogens is 232 g/mol. The van der Waals surface area contributed by atoms with Gasteiger partial charge in [-0.2, -0.15) is 5.10 Å². The van der Waals surface area contributed by atoms with Gasteiger partial charge in [-0.1, -0.05) is 11.6 Å². The van der Waals surface area contributed by atoms with Gasteiger partial charge in [-0.05, 0) is 6.92 Å². The Hall–Kier alpha value is -1.69. The van der Waals surface area contributed by atoms with Crippen molar-refractivity contribution in [1.29, 1.82) is 0 Å². The van der Waals surface area contributed by atoms with Crippen LogP contribution in [0.4, 0.5) is 0 Å². The number of halogens is 1. The van der Waals surface area contributed by atoms with Gasteiger partial charge in [-0.15, -0.1) is 0 Å². The van der Waals surface area contributed by atoms with Gasteiger partial charge in [-0.3, -0.25) is 4.68 Å². The van der Waals surface area contributed by atoms with Crippen molar-refractivity contribution < 1.29 is 9.53 Å². The van der Waals surface area contributed by atoms with E-state index in [-0.39, 0.29) is 17.6 Å². The van der Waals surface area contributed by atoms with Crippen molar-refractivity contribution in [2.75, 3.05) is 6.61 Å². The summed E-state index contributed by atoms with van der Waals surface area (Å²) in [5.41, 5.74) is 0.503. The standard InChI is InChI=1S/C9H9ClN4O2/c1-3-16-9(15)7-12-6(10)5-4-11-14(2)8(5)13-7/h4H,3H2,1-2H3. The Morgan fingerprint density at radius 2 is 2.31 bits per heavy atom. The molecule has 16 heavy (non-hydrogen) atoms. The average Bonchev–Trinajstić information content (AvgIpc) is 2.61. The Kier molecular flexibility index (Phi) is 2.74. The van der Waals surface area contributed by atoms with E-state index in [0.29, 0.717) is 11.0 Å². The van der Waals surface area contributed by atoms with Crippen molar-refractivity contribution in [2.45, 2.75) is 6.92 Å². The molecule has 0 bridgehead atoms. The van der Waals surface area contributed by atoms with E-state index < -0.39 is 5.97 Å². The third-order valence-electron chi connectivity index (χ3n) is 2.00. The van der Waals surface area contributed by atoms with Crippen LogP contribution in [-0.2, 0) is 11.8 Å². The maximum atomic E-state index is 11.4. The predicted molar refractivity (Wildman–Crippen MR) is 57.3 cm³/mol. The highest BCUT2D eigenvalue weighted by Crippen LogP contribution is 2.19. The van der Waals surface area contributed by atoms with Gasteiger partial charge < -0.3 is 4.74 Å². The Morgan fingerprint density at radius 1 is 1.56 bits per heavy atom. The van der Waals surface area contributed by atoms with Crippen LogP contribution < -0.4 is 0 Å². The molecule has 0 unspecified atom stereocenters. The summed E-state index contributed by atoms with van der Waals surface area (Å²) in [4.78, 5) is 19.3. The number of carbonyl (C=O) groups excluding carboxylic acids is 1. The van der Waals surface area contributed by atoms with E-state index in [0.717, 1.165) is 0 Å². The number of hydrogen-bond donors (Lipinski definition) is 0. The summed E-state index contributed by atoms with van der Waals surface area (Å²) < 4.78 is 6.32. The fraction of sp³-hybridized carbons (Fsp3) is 0.333. The highest BCUT2D eigenvalue weighted by atomic mass is 35.5. The molecule has 7 heteroatoms. The summed E-state index contributed by atoms with van der Waals surface area (Å²) in [6, 6.07) is 0. The summed E-state index contributed by atoms with van der Waals surface area (Å²) in [6.45, 7) is 1.98. The van der Waals surface area contributed by atoms with Crippen molar-refractivity contribution >= 4 is 28.6 Å². The summed E-state index contributed by atoms with van der Waals surface area (Å²) in [5, 5.41) is 4.78. The molecule has 0 saturated carbocycles. The van der Waals surface area contributed by atoms with Crippen molar-refractivity contribution in [3.8, 4) is 0 Å². The lowest BCUT2D eigenvalue weighted by Gasteiger charge is -2.01. The minimum atomic E-state index is -0.590. The number of esters is 1. The molecule has 0 aliphatic rings. The Morgan fingerprint density at radius 3 is 3.00 bits per heavy atom. The molecule has 2 rings (SSSR count). The summed E-state index contributed by atoms with van der Waals surface area (Å²) in [5.74, 6) is -0.643. The third-order valence-corrected chi connectivity index (χ3v) is 2.29. The quantitative estimate of drug-likeness (QED) is 0.583. The monoisotopic (exact) mass is 240 g/mol. The lowest BCUT2D eigenvalue weighted by Crippen LogP contribution is -2.10. The normalized spacial score (nSPS) is 10.7. The molecule has 2 aromatic rings. The van der Waals surface area contributed by atoms with E-state index in [1.807, 2.05) is 0 Å². The van der Waals surface area contributed by atoms with E-state index in [1.54, 1.807) is 20.2 Å². The highest BCUT2D eigenvalue weighted by Gasteiger charge is 2.15. The van der Waals surface area contributed by atoms with Crippen LogP contribution in [0.5, 0.6) is 0 Å². The second-order valence-electron chi connectivity index (χ2n) is 3.06. The van der Waals surface area contributed by atoms with Crippen LogP contribution >= 0.6 is 11.6 Å². The van der Waals surface area contributed by atoms with Gasteiger partial charge in [0.1, 0.15) is 5.15 Å². The number of ether oxygens (including phenoxy) is 1. The molecule has 0 aliphatic carbocycles. The molecular formula is C9H9ClN4O2. The predicted octanol–water partition coefficient (Wildman–Crippen LogP) is 1.19. The number of rotatable bonds is 2. The average molecular weight is 241 g/mol. The van der Waals surface area contributed by atoms with E-state index in [9.17, 15) is 4.79 Å². The molecule has 0 fully saturated rings. The van der Waals surface area contributed by atoms with Gasteiger partial charge in [-0.25, -0.2) is 14.8 Å². The molecule has 84 valence electrons. The molecule has 0 amide bonds. The van der Waals surface area contributed by atoms with Gasteiger partial charge in [0.25, 0.3) is 0 Å². The van der Waals surface area contributed by atoms with Crippen LogP contribution in [0.15, 0.2) is 6.20 Å². The summed E-state index contributed by atoms with van der Waals surface area (Å²) >= 11 is 5.91. The third kappa shape index (κ3) is 1.71. The van der Waals surface area contributed by atoms with Crippen LogP contribution in [0.25, 0.3) is 11.0 Å². The number of nitrogens with zero attached hydrogens (tertiary/aromatic N) is 4. The van der Waals surface area contributed by atoms with Crippen LogP contribution in [0, 0.1) is 0 Å². The Balaban J connectivity index is 2.56. The molecule has 0 radical (unpaired) electrons. The number of hydrogen-bond acceptors (Lipinski definition) is 5. The van der Waals surface area contributed by atoms with E-state index in [1.165, 1.54) is 4.68 Å². The van der Waals surface area contributed by atoms with Crippen LogP contribution in [0.1, 0.15) is 17.5 Å². The number of aromatic nitrogens is 4. The van der Waals surface area contributed by atoms with Crippen molar-refractivity contribution in [2.24, 2.45) is 7.05 Å². The first kappa shape index (κ1) is 10.8. The maximum absolute atomic E-state index is 11.4. The minimum absolute atomic E-state index is 0.0528. The topological polar surface area (TPSA) is 69.9 Å². The fourth-order valence-corrected chi connectivity index (χ4v) is 1.49. The van der Waals surface area contributed by atoms with E-state index in [2.05, 4.69) is 15.1 Å². The zero-order valence-corrected chi connectivity index (χ0v) is 9.52. The number of fused-ring (bicyclic) bond motifs is 1. The second-order valence-corrected chi connectivity index (χ2v) is 3.42. The SMILES string of the molecule is CCOC(=O)c1nc(Cl)c2cnn(C)c2n1. The first-order valence-corrected chi connectivity index (χ1v) is 5.03. The zero-order chi connectivity index (χ0) is 11.7. The molecule has 0 N–H and O–H groups in total. The van der Waals surface area contributed by atoms with E-state index in [4.69, 9.17) is 16.3 Å². The molecule has 0 atom stereocenters. The minimum Gasteiger partial charge on any atom is -0.460 e. The van der Waals surface area contributed by atoms with Gasteiger partial charge in [0.05, 0.1) is 18.2 Å². The largest absolute Gasteiger partial charge is 0.460 e. The molecule has 6 nitrogen and oxygen atoms in total. The summed E-state index contributed by atoms with van der Waals surface area (Å²) in [6.07, 6.45) is 1.55. The van der Waals surface area contributed by atoms with Gasteiger partial charge in [0, 0.05) is 7.05 Å². The Bertz CT molecular complexity index is 552. The molecule has 2 aromatic heterocycles. The number of carbonyl (C=O) groups is 1. The van der Waals surface area contributed by atoms with Crippen molar-refractivity contribution in [3.63, 3.8) is 0 Å². The van der Waals surface area contributed by atoms with Crippen LogP contribution in [-0.4, -0.2) is 32.3 Å². The van der Waals surface area contributed by atoms with Gasteiger partial charge in [0.15, 0.2) is 5.65 Å². The smallest absolute Gasteiger partial charge is 0.376 e. The maximum Gasteiger partial charge on any atom is 0.376 e. The number of aryl methyl sites for hydroxylation is 1. The fourth-order valence-electron chi connectivity index (χ4n) is 1.27. The zero-order valence-electron chi connectivity index (χ0n) is 8.77. The molecule has 2 heterocycles. The van der Waals surface area contributed by atoms with Crippen molar-refractivity contribution in [3.05, 3.63) is 17.2 Å². The Labute approximate surface area is 96.2 Å².